The summed E-state index contributed by atoms with van der Waals surface area (Å²) < 4.78 is 11.7. The van der Waals surface area contributed by atoms with Crippen molar-refractivity contribution < 1.29 is 4.74 Å². The number of para-hydroxylation sites is 1. The monoisotopic (exact) mass is 693 g/mol. The number of ether oxygens (including phenoxy) is 1. The van der Waals surface area contributed by atoms with Gasteiger partial charge in [-0.3, -0.25) is 4.90 Å². The van der Waals surface area contributed by atoms with E-state index >= 15 is 0 Å². The van der Waals surface area contributed by atoms with Crippen LogP contribution < -0.4 is 14.8 Å². The fraction of sp³-hybridized carbons (Fsp3) is 0.550. The molecule has 3 aromatic rings. The lowest BCUT2D eigenvalue weighted by atomic mass is 9.86. The van der Waals surface area contributed by atoms with Crippen molar-refractivity contribution in [1.82, 2.24) is 14.4 Å². The number of fused-ring (bicyclic) bond motifs is 1. The van der Waals surface area contributed by atoms with Gasteiger partial charge in [-0.1, -0.05) is 90.1 Å². The predicted molar refractivity (Wildman–Crippen MR) is 218 cm³/mol. The highest BCUT2D eigenvalue weighted by Crippen LogP contribution is 2.42. The van der Waals surface area contributed by atoms with Crippen LogP contribution in [-0.2, 0) is 18.9 Å². The van der Waals surface area contributed by atoms with Crippen LogP contribution in [0.1, 0.15) is 97.4 Å². The molecule has 0 aliphatic carbocycles. The molecule has 48 heavy (non-hydrogen) atoms. The van der Waals surface area contributed by atoms with Crippen LogP contribution in [0.2, 0.25) is 0 Å². The Hall–Kier alpha value is -2.68. The molecule has 0 spiro atoms. The van der Waals surface area contributed by atoms with Gasteiger partial charge in [0.25, 0.3) is 0 Å². The number of rotatable bonds is 16. The van der Waals surface area contributed by atoms with Crippen molar-refractivity contribution in [2.45, 2.75) is 92.4 Å². The van der Waals surface area contributed by atoms with Crippen LogP contribution in [0.15, 0.2) is 54.8 Å². The summed E-state index contributed by atoms with van der Waals surface area (Å²) in [4.78, 5) is 4.99. The number of aromatic nitrogens is 1. The number of allylic oxidation sites excluding steroid dienone is 1. The predicted octanol–water partition coefficient (Wildman–Crippen LogP) is 11.0. The summed E-state index contributed by atoms with van der Waals surface area (Å²) in [6.07, 6.45) is 11.4. The molecular weight excluding hydrogens is 631 g/mol. The van der Waals surface area contributed by atoms with Crippen LogP contribution in [0.5, 0.6) is 5.75 Å². The van der Waals surface area contributed by atoms with E-state index in [1.54, 1.807) is 28.9 Å². The molecule has 0 amide bonds. The van der Waals surface area contributed by atoms with E-state index in [0.717, 1.165) is 42.2 Å². The van der Waals surface area contributed by atoms with Crippen LogP contribution in [-0.4, -0.2) is 60.5 Å². The van der Waals surface area contributed by atoms with E-state index in [1.807, 2.05) is 0 Å². The molecule has 0 unspecified atom stereocenters. The Kier molecular flexibility index (Phi) is 16.1. The molecule has 2 heterocycles. The molecule has 1 aliphatic rings. The third-order valence-electron chi connectivity index (χ3n) is 8.91. The Morgan fingerprint density at radius 2 is 1.69 bits per heavy atom. The molecule has 6 nitrogen and oxygen atoms in total. The Labute approximate surface area is 300 Å². The van der Waals surface area contributed by atoms with Gasteiger partial charge in [0.2, 0.25) is 0 Å². The first kappa shape index (κ1) is 39.8. The SMILES string of the molecule is C=C(CN1CCCC1)N(CCC)CCC.CC/C=C(\Nc1cc(C(C)(C)C)cc(NSSC)c1OC)c1cc2cccc(CC)c2n1C. The topological polar surface area (TPSA) is 44.7 Å². The van der Waals surface area contributed by atoms with Crippen LogP contribution in [0.25, 0.3) is 16.6 Å². The van der Waals surface area contributed by atoms with Crippen molar-refractivity contribution in [1.29, 1.82) is 0 Å². The fourth-order valence-corrected chi connectivity index (χ4v) is 7.26. The van der Waals surface area contributed by atoms with Crippen LogP contribution in [0, 0.1) is 0 Å². The van der Waals surface area contributed by atoms with Crippen LogP contribution in [0.4, 0.5) is 11.4 Å². The molecule has 0 atom stereocenters. The number of hydrogen-bond donors (Lipinski definition) is 2. The highest BCUT2D eigenvalue weighted by Gasteiger charge is 2.22. The number of methoxy groups -OCH3 is 1. The second-order valence-corrected chi connectivity index (χ2v) is 15.9. The van der Waals surface area contributed by atoms with Crippen molar-refractivity contribution >= 4 is 49.7 Å². The highest BCUT2D eigenvalue weighted by atomic mass is 33.1. The van der Waals surface area contributed by atoms with Crippen LogP contribution in [0.3, 0.4) is 0 Å². The zero-order valence-corrected chi connectivity index (χ0v) is 33.2. The third kappa shape index (κ3) is 10.7. The Morgan fingerprint density at radius 3 is 2.25 bits per heavy atom. The molecule has 0 saturated carbocycles. The zero-order chi connectivity index (χ0) is 35.3. The minimum atomic E-state index is 0.00741. The number of likely N-dealkylation sites (tertiary alicyclic amines) is 1. The molecule has 1 fully saturated rings. The average molecular weight is 694 g/mol. The molecule has 1 aromatic heterocycles. The zero-order valence-electron chi connectivity index (χ0n) is 31.6. The maximum absolute atomic E-state index is 5.90. The molecule has 0 radical (unpaired) electrons. The van der Waals surface area contributed by atoms with Gasteiger partial charge in [-0.05, 0) is 92.6 Å². The van der Waals surface area contributed by atoms with Gasteiger partial charge < -0.3 is 24.2 Å². The van der Waals surface area contributed by atoms with Gasteiger partial charge in [-0.15, -0.1) is 0 Å². The van der Waals surface area contributed by atoms with E-state index in [-0.39, 0.29) is 5.41 Å². The Bertz CT molecular complexity index is 1480. The minimum absolute atomic E-state index is 0.00741. The Morgan fingerprint density at radius 1 is 1.02 bits per heavy atom. The smallest absolute Gasteiger partial charge is 0.166 e. The van der Waals surface area contributed by atoms with Gasteiger partial charge in [-0.25, -0.2) is 0 Å². The maximum atomic E-state index is 5.90. The van der Waals surface area contributed by atoms with E-state index < -0.39 is 0 Å². The third-order valence-corrected chi connectivity index (χ3v) is 10.1. The minimum Gasteiger partial charge on any atom is -0.492 e. The van der Waals surface area contributed by atoms with E-state index in [4.69, 9.17) is 4.74 Å². The first-order chi connectivity index (χ1) is 23.0. The second-order valence-electron chi connectivity index (χ2n) is 13.7. The van der Waals surface area contributed by atoms with Crippen molar-refractivity contribution in [3.05, 3.63) is 71.6 Å². The van der Waals surface area contributed by atoms with Crippen molar-refractivity contribution in [3.8, 4) is 5.75 Å². The summed E-state index contributed by atoms with van der Waals surface area (Å²) in [6.45, 7) is 25.8. The molecule has 2 aromatic carbocycles. The summed E-state index contributed by atoms with van der Waals surface area (Å²) in [5, 5.41) is 5.01. The average Bonchev–Trinajstić information content (AvgIpc) is 3.70. The highest BCUT2D eigenvalue weighted by molar-refractivity contribution is 8.77. The molecule has 1 aliphatic heterocycles. The largest absolute Gasteiger partial charge is 0.492 e. The number of aryl methyl sites for hydroxylation is 2. The summed E-state index contributed by atoms with van der Waals surface area (Å²) in [7, 11) is 7.17. The van der Waals surface area contributed by atoms with E-state index in [9.17, 15) is 0 Å². The summed E-state index contributed by atoms with van der Waals surface area (Å²) in [5.41, 5.74) is 9.44. The fourth-order valence-electron chi connectivity index (χ4n) is 6.42. The van der Waals surface area contributed by atoms with Crippen LogP contribution >= 0.6 is 21.8 Å². The number of benzene rings is 2. The first-order valence-electron chi connectivity index (χ1n) is 17.9. The quantitative estimate of drug-likeness (QED) is 0.114. The lowest BCUT2D eigenvalue weighted by Gasteiger charge is -2.28. The van der Waals surface area contributed by atoms with Gasteiger partial charge in [-0.2, -0.15) is 0 Å². The van der Waals surface area contributed by atoms with E-state index in [0.29, 0.717) is 0 Å². The van der Waals surface area contributed by atoms with Crippen molar-refractivity contribution in [2.75, 3.05) is 56.1 Å². The molecule has 266 valence electrons. The summed E-state index contributed by atoms with van der Waals surface area (Å²) in [5.74, 6) is 0.819. The second kappa shape index (κ2) is 19.5. The Balaban J connectivity index is 0.000000348. The van der Waals surface area contributed by atoms with Gasteiger partial charge >= 0.3 is 0 Å². The lowest BCUT2D eigenvalue weighted by molar-refractivity contribution is 0.282. The normalized spacial score (nSPS) is 13.8. The molecule has 8 heteroatoms. The lowest BCUT2D eigenvalue weighted by Crippen LogP contribution is -2.32. The number of nitrogens with zero attached hydrogens (tertiary/aromatic N) is 3. The number of hydrogen-bond acceptors (Lipinski definition) is 7. The molecular formula is C40H63N5OS2. The van der Waals surface area contributed by atoms with Gasteiger partial charge in [0.1, 0.15) is 0 Å². The maximum Gasteiger partial charge on any atom is 0.166 e. The first-order valence-corrected chi connectivity index (χ1v) is 20.5. The van der Waals surface area contributed by atoms with Gasteiger partial charge in [0.15, 0.2) is 5.75 Å². The standard InChI is InChI=1S/C27H37N3OS2.C13H26N2/c1-9-12-21(24-15-19-14-11-13-18(10-2)25(19)30(24)6)28-22-16-20(27(3,4)5)17-23(26(22)31-7)29-33-32-8;1-4-8-15(9-5-2)13(3)12-14-10-6-7-11-14/h11-17,28-29H,9-10H2,1-8H3;3-12H2,1-2H3/b21-12-;. The number of anilines is 2. The van der Waals surface area contributed by atoms with Gasteiger partial charge in [0, 0.05) is 48.7 Å². The van der Waals surface area contributed by atoms with Crippen molar-refractivity contribution in [3.63, 3.8) is 0 Å². The van der Waals surface area contributed by atoms with E-state index in [1.165, 1.54) is 85.3 Å². The summed E-state index contributed by atoms with van der Waals surface area (Å²) >= 11 is 0. The molecule has 0 bridgehead atoms. The molecule has 4 rings (SSSR count). The van der Waals surface area contributed by atoms with Crippen molar-refractivity contribution in [2.24, 2.45) is 7.05 Å². The molecule has 2 N–H and O–H groups in total. The molecule has 1 saturated heterocycles. The number of nitrogens with one attached hydrogen (secondary N) is 2. The van der Waals surface area contributed by atoms with E-state index in [2.05, 4.69) is 135 Å². The summed E-state index contributed by atoms with van der Waals surface area (Å²) in [6, 6.07) is 13.3. The van der Waals surface area contributed by atoms with Gasteiger partial charge in [0.05, 0.1) is 35.4 Å².